The number of rotatable bonds is 1. The molecule has 1 aromatic carbocycles. The van der Waals surface area contributed by atoms with E-state index in [1.165, 1.54) is 4.90 Å². The van der Waals surface area contributed by atoms with Crippen molar-refractivity contribution < 1.29 is 14.6 Å². The van der Waals surface area contributed by atoms with Crippen molar-refractivity contribution in [2.75, 3.05) is 49.5 Å². The molecule has 0 spiro atoms. The molecule has 0 atom stereocenters. The molecule has 20 heavy (non-hydrogen) atoms. The monoisotopic (exact) mass is 297 g/mol. The summed E-state index contributed by atoms with van der Waals surface area (Å²) in [6, 6.07) is 3.73. The quantitative estimate of drug-likeness (QED) is 0.829. The Kier molecular flexibility index (Phi) is 3.48. The number of nitrogens with zero attached hydrogens (tertiary/aromatic N) is 2. The van der Waals surface area contributed by atoms with Gasteiger partial charge >= 0.3 is 6.09 Å². The molecule has 0 aliphatic carbocycles. The topological polar surface area (TPSA) is 65.0 Å². The van der Waals surface area contributed by atoms with Gasteiger partial charge < -0.3 is 25.0 Å². The van der Waals surface area contributed by atoms with Crippen LogP contribution in [-0.2, 0) is 0 Å². The first-order chi connectivity index (χ1) is 9.65. The minimum atomic E-state index is -0.865. The lowest BCUT2D eigenvalue weighted by Gasteiger charge is -2.36. The van der Waals surface area contributed by atoms with E-state index in [9.17, 15) is 4.79 Å². The van der Waals surface area contributed by atoms with Crippen molar-refractivity contribution in [2.24, 2.45) is 0 Å². The third-order valence-corrected chi connectivity index (χ3v) is 3.81. The molecule has 6 nitrogen and oxygen atoms in total. The molecule has 7 heteroatoms. The van der Waals surface area contributed by atoms with Crippen LogP contribution in [0.25, 0.3) is 0 Å². The standard InChI is InChI=1S/C13H16ClN3O3/c14-9-7-10-12(20-6-1-15-10)11(8-9)16-2-4-17(5-3-16)13(18)19/h7-8,15H,1-6H2,(H,18,19). The fraction of sp³-hybridized carbons (Fsp3) is 0.462. The zero-order valence-corrected chi connectivity index (χ0v) is 11.7. The number of hydrogen-bond donors (Lipinski definition) is 2. The molecule has 3 rings (SSSR count). The van der Waals surface area contributed by atoms with Gasteiger partial charge in [0.2, 0.25) is 0 Å². The summed E-state index contributed by atoms with van der Waals surface area (Å²) >= 11 is 6.15. The van der Waals surface area contributed by atoms with Crippen molar-refractivity contribution in [3.8, 4) is 5.75 Å². The normalized spacial score (nSPS) is 18.1. The van der Waals surface area contributed by atoms with Crippen LogP contribution in [0, 0.1) is 0 Å². The number of piperazine rings is 1. The van der Waals surface area contributed by atoms with E-state index in [1.807, 2.05) is 12.1 Å². The summed E-state index contributed by atoms with van der Waals surface area (Å²) < 4.78 is 5.74. The van der Waals surface area contributed by atoms with E-state index in [-0.39, 0.29) is 0 Å². The maximum absolute atomic E-state index is 10.9. The third-order valence-electron chi connectivity index (χ3n) is 3.59. The van der Waals surface area contributed by atoms with Gasteiger partial charge in [-0.3, -0.25) is 0 Å². The van der Waals surface area contributed by atoms with Crippen LogP contribution in [0.3, 0.4) is 0 Å². The van der Waals surface area contributed by atoms with Crippen molar-refractivity contribution in [1.29, 1.82) is 0 Å². The summed E-state index contributed by atoms with van der Waals surface area (Å²) in [4.78, 5) is 14.5. The van der Waals surface area contributed by atoms with Crippen molar-refractivity contribution in [3.63, 3.8) is 0 Å². The third kappa shape index (κ3) is 2.43. The predicted molar refractivity (Wildman–Crippen MR) is 77.2 cm³/mol. The van der Waals surface area contributed by atoms with Gasteiger partial charge in [0, 0.05) is 37.7 Å². The Labute approximate surface area is 121 Å². The highest BCUT2D eigenvalue weighted by molar-refractivity contribution is 6.31. The lowest BCUT2D eigenvalue weighted by atomic mass is 10.2. The Bertz CT molecular complexity index is 530. The van der Waals surface area contributed by atoms with Crippen molar-refractivity contribution in [1.82, 2.24) is 4.90 Å². The lowest BCUT2D eigenvalue weighted by Crippen LogP contribution is -2.48. The summed E-state index contributed by atoms with van der Waals surface area (Å²) in [5.41, 5.74) is 1.84. The molecular weight excluding hydrogens is 282 g/mol. The average Bonchev–Trinajstić information content (AvgIpc) is 2.46. The highest BCUT2D eigenvalue weighted by atomic mass is 35.5. The van der Waals surface area contributed by atoms with Gasteiger partial charge in [-0.05, 0) is 12.1 Å². The number of anilines is 2. The Morgan fingerprint density at radius 3 is 2.75 bits per heavy atom. The predicted octanol–water partition coefficient (Wildman–Crippen LogP) is 1.94. The molecule has 0 radical (unpaired) electrons. The molecule has 1 fully saturated rings. The Morgan fingerprint density at radius 2 is 2.05 bits per heavy atom. The van der Waals surface area contributed by atoms with Gasteiger partial charge in [0.1, 0.15) is 6.61 Å². The van der Waals surface area contributed by atoms with Gasteiger partial charge in [0.15, 0.2) is 5.75 Å². The van der Waals surface area contributed by atoms with Gasteiger partial charge in [-0.15, -0.1) is 0 Å². The van der Waals surface area contributed by atoms with Gasteiger partial charge in [-0.1, -0.05) is 11.6 Å². The van der Waals surface area contributed by atoms with Crippen molar-refractivity contribution >= 4 is 29.1 Å². The Morgan fingerprint density at radius 1 is 1.30 bits per heavy atom. The van der Waals surface area contributed by atoms with E-state index in [2.05, 4.69) is 10.2 Å². The van der Waals surface area contributed by atoms with Crippen LogP contribution in [0.5, 0.6) is 5.75 Å². The Balaban J connectivity index is 1.84. The SMILES string of the molecule is O=C(O)N1CCN(c2cc(Cl)cc3c2OCCN3)CC1. The zero-order valence-electron chi connectivity index (χ0n) is 10.9. The maximum Gasteiger partial charge on any atom is 0.407 e. The first-order valence-electron chi connectivity index (χ1n) is 6.58. The van der Waals surface area contributed by atoms with Crippen LogP contribution in [-0.4, -0.2) is 55.4 Å². The molecule has 1 aromatic rings. The summed E-state index contributed by atoms with van der Waals surface area (Å²) in [6.07, 6.45) is -0.865. The molecule has 2 N–H and O–H groups in total. The van der Waals surface area contributed by atoms with E-state index >= 15 is 0 Å². The summed E-state index contributed by atoms with van der Waals surface area (Å²) in [5, 5.41) is 12.9. The van der Waals surface area contributed by atoms with Crippen molar-refractivity contribution in [2.45, 2.75) is 0 Å². The minimum Gasteiger partial charge on any atom is -0.487 e. The molecular formula is C13H16ClN3O3. The van der Waals surface area contributed by atoms with E-state index in [0.717, 1.165) is 23.7 Å². The van der Waals surface area contributed by atoms with Gasteiger partial charge in [0.05, 0.1) is 11.4 Å². The number of carboxylic acid groups (broad SMARTS) is 1. The van der Waals surface area contributed by atoms with E-state index in [1.54, 1.807) is 0 Å². The van der Waals surface area contributed by atoms with Gasteiger partial charge in [0.25, 0.3) is 0 Å². The smallest absolute Gasteiger partial charge is 0.407 e. The number of benzene rings is 1. The second-order valence-electron chi connectivity index (χ2n) is 4.83. The number of ether oxygens (including phenoxy) is 1. The highest BCUT2D eigenvalue weighted by Crippen LogP contribution is 2.40. The highest BCUT2D eigenvalue weighted by Gasteiger charge is 2.25. The molecule has 1 saturated heterocycles. The molecule has 2 aliphatic heterocycles. The maximum atomic E-state index is 10.9. The van der Waals surface area contributed by atoms with Crippen LogP contribution in [0.2, 0.25) is 5.02 Å². The van der Waals surface area contributed by atoms with Crippen LogP contribution in [0.4, 0.5) is 16.2 Å². The number of halogens is 1. The fourth-order valence-electron chi connectivity index (χ4n) is 2.57. The molecule has 1 amide bonds. The summed E-state index contributed by atoms with van der Waals surface area (Å²) in [6.45, 7) is 3.65. The second kappa shape index (κ2) is 5.28. The second-order valence-corrected chi connectivity index (χ2v) is 5.27. The van der Waals surface area contributed by atoms with Crippen LogP contribution in [0.1, 0.15) is 0 Å². The number of amides is 1. The average molecular weight is 298 g/mol. The van der Waals surface area contributed by atoms with E-state index in [0.29, 0.717) is 37.8 Å². The number of hydrogen-bond acceptors (Lipinski definition) is 4. The van der Waals surface area contributed by atoms with Crippen LogP contribution in [0.15, 0.2) is 12.1 Å². The molecule has 0 aromatic heterocycles. The largest absolute Gasteiger partial charge is 0.487 e. The minimum absolute atomic E-state index is 0.490. The lowest BCUT2D eigenvalue weighted by molar-refractivity contribution is 0.142. The molecule has 0 unspecified atom stereocenters. The molecule has 0 bridgehead atoms. The van der Waals surface area contributed by atoms with Gasteiger partial charge in [-0.2, -0.15) is 0 Å². The molecule has 2 heterocycles. The summed E-state index contributed by atoms with van der Waals surface area (Å²) in [7, 11) is 0. The number of nitrogens with one attached hydrogen (secondary N) is 1. The molecule has 108 valence electrons. The van der Waals surface area contributed by atoms with Crippen molar-refractivity contribution in [3.05, 3.63) is 17.2 Å². The van der Waals surface area contributed by atoms with Gasteiger partial charge in [-0.25, -0.2) is 4.79 Å². The molecule has 2 aliphatic rings. The summed E-state index contributed by atoms with van der Waals surface area (Å²) in [5.74, 6) is 0.810. The van der Waals surface area contributed by atoms with E-state index in [4.69, 9.17) is 21.4 Å². The van der Waals surface area contributed by atoms with E-state index < -0.39 is 6.09 Å². The number of carbonyl (C=O) groups is 1. The Hall–Kier alpha value is -1.82. The van der Waals surface area contributed by atoms with Crippen LogP contribution < -0.4 is 15.0 Å². The first-order valence-corrected chi connectivity index (χ1v) is 6.96. The zero-order chi connectivity index (χ0) is 14.1. The molecule has 0 saturated carbocycles. The van der Waals surface area contributed by atoms with Crippen LogP contribution >= 0.6 is 11.6 Å². The first kappa shape index (κ1) is 13.2. The fourth-order valence-corrected chi connectivity index (χ4v) is 2.79. The number of fused-ring (bicyclic) bond motifs is 1.